The molecule has 0 amide bonds. The third-order valence-corrected chi connectivity index (χ3v) is 3.96. The van der Waals surface area contributed by atoms with E-state index in [0.717, 1.165) is 13.0 Å². The summed E-state index contributed by atoms with van der Waals surface area (Å²) in [4.78, 5) is 0. The molecule has 4 nitrogen and oxygen atoms in total. The van der Waals surface area contributed by atoms with Crippen LogP contribution >= 0.6 is 0 Å². The van der Waals surface area contributed by atoms with Crippen LogP contribution in [0.3, 0.4) is 0 Å². The third kappa shape index (κ3) is 21.2. The number of hydrogen-bond donors (Lipinski definition) is 2. The van der Waals surface area contributed by atoms with Gasteiger partial charge < -0.3 is 5.32 Å². The Morgan fingerprint density at radius 1 is 0.800 bits per heavy atom. The molecule has 0 atom stereocenters. The van der Waals surface area contributed by atoms with Gasteiger partial charge in [0.1, 0.15) is 0 Å². The summed E-state index contributed by atoms with van der Waals surface area (Å²) in [5.74, 6) is -0.190. The molecule has 0 spiro atoms. The van der Waals surface area contributed by atoms with E-state index in [2.05, 4.69) is 12.2 Å². The molecule has 20 heavy (non-hydrogen) atoms. The molecule has 0 aromatic heterocycles. The molecule has 118 valence electrons. The van der Waals surface area contributed by atoms with Gasteiger partial charge in [0, 0.05) is 6.54 Å². The molecule has 2 N–H and O–H groups in total. The van der Waals surface area contributed by atoms with Gasteiger partial charge in [-0.25, -0.2) is 0 Å². The molecular formula is C14H32NNaO3S. The van der Waals surface area contributed by atoms with Gasteiger partial charge in [0.15, 0.2) is 0 Å². The Morgan fingerprint density at radius 2 is 1.25 bits per heavy atom. The predicted octanol–water partition coefficient (Wildman–Crippen LogP) is 2.74. The van der Waals surface area contributed by atoms with Crippen LogP contribution in [-0.2, 0) is 10.1 Å². The van der Waals surface area contributed by atoms with E-state index in [1.165, 1.54) is 57.8 Å². The zero-order valence-corrected chi connectivity index (χ0v) is 13.2. The molecule has 0 bridgehead atoms. The van der Waals surface area contributed by atoms with Crippen molar-refractivity contribution < 1.29 is 13.0 Å². The molecule has 0 rings (SSSR count). The molecule has 0 aromatic carbocycles. The van der Waals surface area contributed by atoms with Gasteiger partial charge in [0.2, 0.25) is 0 Å². The summed E-state index contributed by atoms with van der Waals surface area (Å²) >= 11 is 0. The number of rotatable bonds is 14. The van der Waals surface area contributed by atoms with Gasteiger partial charge in [0.25, 0.3) is 10.1 Å². The zero-order chi connectivity index (χ0) is 14.4. The van der Waals surface area contributed by atoms with Gasteiger partial charge in [-0.05, 0) is 13.0 Å². The van der Waals surface area contributed by atoms with E-state index in [0.29, 0.717) is 6.54 Å². The van der Waals surface area contributed by atoms with Gasteiger partial charge >= 0.3 is 29.6 Å². The average Bonchev–Trinajstić information content (AvgIpc) is 2.34. The van der Waals surface area contributed by atoms with Crippen LogP contribution in [0.5, 0.6) is 0 Å². The van der Waals surface area contributed by atoms with E-state index in [4.69, 9.17) is 4.55 Å². The van der Waals surface area contributed by atoms with Crippen LogP contribution in [0, 0.1) is 0 Å². The van der Waals surface area contributed by atoms with Crippen LogP contribution < -0.4 is 5.32 Å². The van der Waals surface area contributed by atoms with Crippen molar-refractivity contribution in [1.29, 1.82) is 0 Å². The van der Waals surface area contributed by atoms with Crippen molar-refractivity contribution in [3.63, 3.8) is 0 Å². The van der Waals surface area contributed by atoms with Gasteiger partial charge in [-0.1, -0.05) is 64.7 Å². The van der Waals surface area contributed by atoms with E-state index in [1.807, 2.05) is 0 Å². The topological polar surface area (TPSA) is 66.4 Å². The second-order valence-electron chi connectivity index (χ2n) is 5.22. The summed E-state index contributed by atoms with van der Waals surface area (Å²) in [6.07, 6.45) is 13.0. The van der Waals surface area contributed by atoms with Gasteiger partial charge in [-0.15, -0.1) is 0 Å². The first-order valence-corrected chi connectivity index (χ1v) is 9.33. The zero-order valence-electron chi connectivity index (χ0n) is 12.4. The third-order valence-electron chi connectivity index (χ3n) is 3.24. The first-order valence-electron chi connectivity index (χ1n) is 7.72. The van der Waals surface area contributed by atoms with Crippen LogP contribution in [0.2, 0.25) is 0 Å². The maximum atomic E-state index is 10.4. The van der Waals surface area contributed by atoms with Crippen molar-refractivity contribution in [3.05, 3.63) is 0 Å². The standard InChI is InChI=1S/C14H31NO3S.Na.H/c1-2-3-4-5-6-7-8-9-10-11-12-15-13-14-19(16,17)18;;/h15H,2-14H2,1H3,(H,16,17,18);;. The number of hydrogen-bond acceptors (Lipinski definition) is 3. The van der Waals surface area contributed by atoms with Crippen molar-refractivity contribution >= 4 is 39.7 Å². The Morgan fingerprint density at radius 3 is 1.70 bits per heavy atom. The molecule has 6 heteroatoms. The van der Waals surface area contributed by atoms with Crippen molar-refractivity contribution in [2.75, 3.05) is 18.8 Å². The van der Waals surface area contributed by atoms with Crippen molar-refractivity contribution in [2.45, 2.75) is 71.1 Å². The number of unbranched alkanes of at least 4 members (excludes halogenated alkanes) is 9. The summed E-state index contributed by atoms with van der Waals surface area (Å²) in [6.45, 7) is 3.42. The second-order valence-corrected chi connectivity index (χ2v) is 6.79. The Kier molecular flexibility index (Phi) is 18.8. The molecule has 0 aliphatic heterocycles. The monoisotopic (exact) mass is 317 g/mol. The SMILES string of the molecule is CCCCCCCCCCCCNCCS(=O)(=O)O.[NaH]. The Hall–Kier alpha value is 0.870. The Labute approximate surface area is 147 Å². The van der Waals surface area contributed by atoms with Crippen molar-refractivity contribution in [2.24, 2.45) is 0 Å². The van der Waals surface area contributed by atoms with E-state index >= 15 is 0 Å². The van der Waals surface area contributed by atoms with Crippen LogP contribution in [-0.4, -0.2) is 61.4 Å². The van der Waals surface area contributed by atoms with Gasteiger partial charge in [-0.3, -0.25) is 4.55 Å². The van der Waals surface area contributed by atoms with Gasteiger partial charge in [0.05, 0.1) is 5.75 Å². The molecule has 0 heterocycles. The normalized spacial score (nSPS) is 11.3. The molecule has 0 aromatic rings. The maximum absolute atomic E-state index is 10.4. The first-order chi connectivity index (χ1) is 9.06. The molecule has 0 radical (unpaired) electrons. The molecule has 0 unspecified atom stereocenters. The van der Waals surface area contributed by atoms with E-state index in [-0.39, 0.29) is 35.3 Å². The second kappa shape index (κ2) is 16.2. The summed E-state index contributed by atoms with van der Waals surface area (Å²) in [5.41, 5.74) is 0. The predicted molar refractivity (Wildman–Crippen MR) is 88.3 cm³/mol. The fourth-order valence-electron chi connectivity index (χ4n) is 2.06. The Balaban J connectivity index is 0. The van der Waals surface area contributed by atoms with Crippen molar-refractivity contribution in [3.8, 4) is 0 Å². The fourth-order valence-corrected chi connectivity index (χ4v) is 2.47. The minimum atomic E-state index is -3.80. The molecular weight excluding hydrogens is 285 g/mol. The molecule has 0 aliphatic carbocycles. The van der Waals surface area contributed by atoms with E-state index in [9.17, 15) is 8.42 Å². The molecule has 0 saturated heterocycles. The van der Waals surface area contributed by atoms with E-state index < -0.39 is 10.1 Å². The fraction of sp³-hybridized carbons (Fsp3) is 1.00. The molecule has 0 fully saturated rings. The minimum absolute atomic E-state index is 0. The van der Waals surface area contributed by atoms with Crippen LogP contribution in [0.1, 0.15) is 71.1 Å². The van der Waals surface area contributed by atoms with Gasteiger partial charge in [-0.2, -0.15) is 8.42 Å². The molecule has 0 aliphatic rings. The summed E-state index contributed by atoms with van der Waals surface area (Å²) in [5, 5.41) is 3.03. The first kappa shape index (κ1) is 23.1. The summed E-state index contributed by atoms with van der Waals surface area (Å²) in [6, 6.07) is 0. The number of nitrogens with one attached hydrogen (secondary N) is 1. The van der Waals surface area contributed by atoms with Crippen molar-refractivity contribution in [1.82, 2.24) is 5.32 Å². The summed E-state index contributed by atoms with van der Waals surface area (Å²) in [7, 11) is -3.80. The average molecular weight is 317 g/mol. The molecule has 0 saturated carbocycles. The van der Waals surface area contributed by atoms with Crippen LogP contribution in [0.4, 0.5) is 0 Å². The van der Waals surface area contributed by atoms with Crippen LogP contribution in [0.25, 0.3) is 0 Å². The Bertz CT molecular complexity index is 284. The van der Waals surface area contributed by atoms with E-state index in [1.54, 1.807) is 0 Å². The quantitative estimate of drug-likeness (QED) is 0.294. The summed E-state index contributed by atoms with van der Waals surface area (Å²) < 4.78 is 29.4. The van der Waals surface area contributed by atoms with Crippen LogP contribution in [0.15, 0.2) is 0 Å².